The third kappa shape index (κ3) is 3.80. The molecule has 0 bridgehead atoms. The number of hydrogen-bond acceptors (Lipinski definition) is 3. The molecule has 1 saturated carbocycles. The normalized spacial score (nSPS) is 15.5. The summed E-state index contributed by atoms with van der Waals surface area (Å²) >= 11 is 0. The fourth-order valence-corrected chi connectivity index (χ4v) is 3.61. The summed E-state index contributed by atoms with van der Waals surface area (Å²) in [5.74, 6) is -2.15. The Balaban J connectivity index is 2.15. The summed E-state index contributed by atoms with van der Waals surface area (Å²) in [6.45, 7) is 2.31. The zero-order valence-corrected chi connectivity index (χ0v) is 12.3. The molecule has 1 N–H and O–H groups in total. The van der Waals surface area contributed by atoms with Crippen LogP contribution in [0.15, 0.2) is 24.3 Å². The van der Waals surface area contributed by atoms with Crippen molar-refractivity contribution in [3.8, 4) is 0 Å². The van der Waals surface area contributed by atoms with Crippen LogP contribution in [0, 0.1) is 0 Å². The van der Waals surface area contributed by atoms with Crippen molar-refractivity contribution in [2.45, 2.75) is 38.8 Å². The highest BCUT2D eigenvalue weighted by atomic mass is 32.2. The number of carbonyl (C=O) groups is 1. The first-order valence-corrected chi connectivity index (χ1v) is 8.32. The van der Waals surface area contributed by atoms with E-state index in [2.05, 4.69) is 6.92 Å². The summed E-state index contributed by atoms with van der Waals surface area (Å²) in [5.41, 5.74) is 2.09. The molecule has 0 spiro atoms. The first kappa shape index (κ1) is 15.0. The van der Waals surface area contributed by atoms with Gasteiger partial charge in [-0.25, -0.2) is 8.42 Å². The Morgan fingerprint density at radius 3 is 2.25 bits per heavy atom. The number of carboxylic acids is 1. The predicted octanol–water partition coefficient (Wildman–Crippen LogP) is 1.63. The van der Waals surface area contributed by atoms with Crippen LogP contribution in [0.4, 0.5) is 0 Å². The smallest absolute Gasteiger partial charge is 0.320 e. The molecule has 0 saturated heterocycles. The van der Waals surface area contributed by atoms with Crippen LogP contribution in [-0.2, 0) is 27.8 Å². The van der Waals surface area contributed by atoms with Gasteiger partial charge in [-0.2, -0.15) is 4.31 Å². The van der Waals surface area contributed by atoms with Gasteiger partial charge in [-0.15, -0.1) is 0 Å². The molecule has 0 aromatic heterocycles. The van der Waals surface area contributed by atoms with Crippen LogP contribution in [0.3, 0.4) is 0 Å². The second-order valence-corrected chi connectivity index (χ2v) is 7.02. The van der Waals surface area contributed by atoms with Crippen LogP contribution in [0.5, 0.6) is 0 Å². The highest BCUT2D eigenvalue weighted by molar-refractivity contribution is 7.89. The summed E-state index contributed by atoms with van der Waals surface area (Å²) in [7, 11) is -3.74. The van der Waals surface area contributed by atoms with Crippen molar-refractivity contribution in [2.24, 2.45) is 0 Å². The zero-order valence-electron chi connectivity index (χ0n) is 11.4. The monoisotopic (exact) mass is 297 g/mol. The molecule has 0 unspecified atom stereocenters. The quantitative estimate of drug-likeness (QED) is 0.830. The Morgan fingerprint density at radius 1 is 1.25 bits per heavy atom. The van der Waals surface area contributed by atoms with E-state index in [1.807, 2.05) is 24.3 Å². The summed E-state index contributed by atoms with van der Waals surface area (Å²) in [6, 6.07) is 7.73. The maximum absolute atomic E-state index is 12.1. The summed E-state index contributed by atoms with van der Waals surface area (Å²) < 4.78 is 25.5. The second-order valence-electron chi connectivity index (χ2n) is 5.10. The predicted molar refractivity (Wildman–Crippen MR) is 75.8 cm³/mol. The molecule has 5 nitrogen and oxygen atoms in total. The van der Waals surface area contributed by atoms with E-state index in [1.54, 1.807) is 0 Å². The van der Waals surface area contributed by atoms with Crippen molar-refractivity contribution < 1.29 is 18.3 Å². The number of aliphatic carboxylic acids is 1. The van der Waals surface area contributed by atoms with Crippen LogP contribution >= 0.6 is 0 Å². The molecule has 110 valence electrons. The van der Waals surface area contributed by atoms with Crippen molar-refractivity contribution in [1.82, 2.24) is 4.31 Å². The molecule has 1 aliphatic rings. The van der Waals surface area contributed by atoms with E-state index >= 15 is 0 Å². The van der Waals surface area contributed by atoms with Crippen molar-refractivity contribution in [1.29, 1.82) is 0 Å². The van der Waals surface area contributed by atoms with Gasteiger partial charge in [0.25, 0.3) is 0 Å². The zero-order chi connectivity index (χ0) is 14.8. The molecule has 2 rings (SSSR count). The number of aryl methyl sites for hydroxylation is 1. The Morgan fingerprint density at radius 2 is 1.80 bits per heavy atom. The third-order valence-corrected chi connectivity index (χ3v) is 5.14. The molecule has 1 fully saturated rings. The Labute approximate surface area is 119 Å². The number of sulfonamides is 1. The molecular formula is C14H19NO4S. The lowest BCUT2D eigenvalue weighted by molar-refractivity contribution is -0.134. The maximum Gasteiger partial charge on any atom is 0.320 e. The number of hydrogen-bond donors (Lipinski definition) is 1. The molecule has 0 atom stereocenters. The van der Waals surface area contributed by atoms with E-state index in [1.165, 1.54) is 9.87 Å². The lowest BCUT2D eigenvalue weighted by atomic mass is 10.1. The van der Waals surface area contributed by atoms with Crippen LogP contribution < -0.4 is 0 Å². The standard InChI is InChI=1S/C14H19NO4S/c1-2-11-3-5-12(6-4-11)9-15(13-7-8-13)20(18,19)10-14(16)17/h3-6,13H,2,7-10H2,1H3,(H,16,17). The Bertz CT molecular complexity index is 576. The van der Waals surface area contributed by atoms with Crippen molar-refractivity contribution in [2.75, 3.05) is 5.75 Å². The van der Waals surface area contributed by atoms with Crippen molar-refractivity contribution in [3.05, 3.63) is 35.4 Å². The van der Waals surface area contributed by atoms with Crippen LogP contribution in [0.2, 0.25) is 0 Å². The van der Waals surface area contributed by atoms with E-state index in [0.717, 1.165) is 24.8 Å². The van der Waals surface area contributed by atoms with E-state index < -0.39 is 21.7 Å². The first-order chi connectivity index (χ1) is 9.42. The van der Waals surface area contributed by atoms with Crippen molar-refractivity contribution in [3.63, 3.8) is 0 Å². The second kappa shape index (κ2) is 5.93. The lowest BCUT2D eigenvalue weighted by Crippen LogP contribution is -2.36. The minimum atomic E-state index is -3.74. The van der Waals surface area contributed by atoms with Crippen LogP contribution in [0.1, 0.15) is 30.9 Å². The summed E-state index contributed by atoms with van der Waals surface area (Å²) in [4.78, 5) is 10.7. The topological polar surface area (TPSA) is 74.7 Å². The van der Waals surface area contributed by atoms with Gasteiger partial charge in [-0.3, -0.25) is 4.79 Å². The van der Waals surface area contributed by atoms with Gasteiger partial charge in [-0.1, -0.05) is 31.2 Å². The molecule has 0 heterocycles. The highest BCUT2D eigenvalue weighted by Crippen LogP contribution is 2.31. The van der Waals surface area contributed by atoms with Crippen molar-refractivity contribution >= 4 is 16.0 Å². The van der Waals surface area contributed by atoms with Gasteiger partial charge >= 0.3 is 5.97 Å². The number of rotatable bonds is 7. The van der Waals surface area contributed by atoms with Gasteiger partial charge in [-0.05, 0) is 30.4 Å². The highest BCUT2D eigenvalue weighted by Gasteiger charge is 2.38. The van der Waals surface area contributed by atoms with Gasteiger partial charge in [0.1, 0.15) is 0 Å². The van der Waals surface area contributed by atoms with Gasteiger partial charge in [0.05, 0.1) is 0 Å². The Hall–Kier alpha value is -1.40. The van der Waals surface area contributed by atoms with E-state index in [9.17, 15) is 13.2 Å². The summed E-state index contributed by atoms with van der Waals surface area (Å²) in [5, 5.41) is 8.73. The molecule has 6 heteroatoms. The average Bonchev–Trinajstić information content (AvgIpc) is 3.19. The average molecular weight is 297 g/mol. The number of benzene rings is 1. The Kier molecular flexibility index (Phi) is 4.45. The van der Waals surface area contributed by atoms with Crippen LogP contribution in [0.25, 0.3) is 0 Å². The fraction of sp³-hybridized carbons (Fsp3) is 0.500. The van der Waals surface area contributed by atoms with Gasteiger partial charge in [0.15, 0.2) is 5.75 Å². The minimum absolute atomic E-state index is 0.0369. The van der Waals surface area contributed by atoms with E-state index in [0.29, 0.717) is 0 Å². The first-order valence-electron chi connectivity index (χ1n) is 6.71. The van der Waals surface area contributed by atoms with Gasteiger partial charge in [0, 0.05) is 12.6 Å². The fourth-order valence-electron chi connectivity index (χ4n) is 2.12. The largest absolute Gasteiger partial charge is 0.480 e. The lowest BCUT2D eigenvalue weighted by Gasteiger charge is -2.21. The molecule has 0 radical (unpaired) electrons. The number of nitrogens with zero attached hydrogens (tertiary/aromatic N) is 1. The summed E-state index contributed by atoms with van der Waals surface area (Å²) in [6.07, 6.45) is 2.56. The molecule has 1 aliphatic carbocycles. The third-order valence-electron chi connectivity index (χ3n) is 3.39. The number of carboxylic acid groups (broad SMARTS) is 1. The molecule has 1 aromatic rings. The van der Waals surface area contributed by atoms with Gasteiger partial charge in [0.2, 0.25) is 10.0 Å². The molecule has 0 amide bonds. The maximum atomic E-state index is 12.1. The van der Waals surface area contributed by atoms with E-state index in [4.69, 9.17) is 5.11 Å². The molecule has 20 heavy (non-hydrogen) atoms. The molecule has 1 aromatic carbocycles. The van der Waals surface area contributed by atoms with Gasteiger partial charge < -0.3 is 5.11 Å². The minimum Gasteiger partial charge on any atom is -0.480 e. The van der Waals surface area contributed by atoms with Crippen LogP contribution in [-0.4, -0.2) is 35.6 Å². The molecular weight excluding hydrogens is 278 g/mol. The van der Waals surface area contributed by atoms with E-state index in [-0.39, 0.29) is 12.6 Å². The SMILES string of the molecule is CCc1ccc(CN(C2CC2)S(=O)(=O)CC(=O)O)cc1. The molecule has 0 aliphatic heterocycles.